The van der Waals surface area contributed by atoms with Crippen LogP contribution >= 0.6 is 11.8 Å². The summed E-state index contributed by atoms with van der Waals surface area (Å²) in [4.78, 5) is 282. The van der Waals surface area contributed by atoms with Crippen molar-refractivity contribution in [2.24, 2.45) is 35.0 Å². The van der Waals surface area contributed by atoms with Gasteiger partial charge in [0.2, 0.25) is 88.6 Å². The molecule has 2 aliphatic rings. The van der Waals surface area contributed by atoms with Gasteiger partial charge >= 0.3 is 0 Å². The van der Waals surface area contributed by atoms with Crippen LogP contribution in [-0.4, -0.2) is 283 Å². The third-order valence-corrected chi connectivity index (χ3v) is 25.9. The minimum atomic E-state index is -1.77. The molecule has 0 unspecified atom stereocenters. The molecular weight excluding hydrogens is 1840 g/mol. The predicted octanol–water partition coefficient (Wildman–Crippen LogP) is 0.548. The van der Waals surface area contributed by atoms with Crippen LogP contribution in [0.25, 0.3) is 21.8 Å². The second-order valence-corrected chi connectivity index (χ2v) is 37.1. The van der Waals surface area contributed by atoms with Crippen molar-refractivity contribution in [3.05, 3.63) is 162 Å². The van der Waals surface area contributed by atoms with E-state index in [1.54, 1.807) is 135 Å². The molecule has 4 aromatic carbocycles. The van der Waals surface area contributed by atoms with Crippen molar-refractivity contribution >= 4 is 146 Å². The number of likely N-dealkylation sites (N-methyl/N-ethyl adjacent to an activating group) is 2. The Labute approximate surface area is 821 Å². The summed E-state index contributed by atoms with van der Waals surface area (Å²) in [5.41, 5.74) is 20.4. The molecule has 2 saturated heterocycles. The number of H-pyrrole nitrogens is 3. The molecule has 2 fully saturated rings. The molecule has 141 heavy (non-hydrogen) atoms. The van der Waals surface area contributed by atoms with Gasteiger partial charge in [-0.3, -0.25) is 91.7 Å². The number of rotatable bonds is 30. The van der Waals surface area contributed by atoms with E-state index in [4.69, 9.17) is 22.6 Å². The number of aliphatic hydroxyl groups excluding tert-OH is 1. The molecular formula is C98H133N23O19S. The highest BCUT2D eigenvalue weighted by molar-refractivity contribution is 8.00. The number of aromatic amines is 3. The maximum absolute atomic E-state index is 15.8. The lowest BCUT2D eigenvalue weighted by atomic mass is 9.88. The topological polar surface area (TPSA) is 644 Å². The third-order valence-electron chi connectivity index (χ3n) is 24.9. The first kappa shape index (κ1) is 110. The van der Waals surface area contributed by atoms with Gasteiger partial charge < -0.3 is 116 Å². The van der Waals surface area contributed by atoms with Gasteiger partial charge in [0.25, 0.3) is 5.91 Å². The number of amides is 16. The molecule has 0 bridgehead atoms. The van der Waals surface area contributed by atoms with Crippen molar-refractivity contribution < 1.29 is 91.4 Å². The van der Waals surface area contributed by atoms with Gasteiger partial charge in [0, 0.05) is 129 Å². The number of ketones is 2. The minimum absolute atomic E-state index is 0.00496. The van der Waals surface area contributed by atoms with Gasteiger partial charge in [0.1, 0.15) is 66.5 Å². The number of imidazole rings is 1. The van der Waals surface area contributed by atoms with E-state index in [-0.39, 0.29) is 108 Å². The molecule has 0 aliphatic carbocycles. The van der Waals surface area contributed by atoms with E-state index in [1.165, 1.54) is 38.4 Å². The van der Waals surface area contributed by atoms with Gasteiger partial charge in [0.15, 0.2) is 17.5 Å². The van der Waals surface area contributed by atoms with Crippen molar-refractivity contribution in [3.8, 4) is 0 Å². The molecule has 0 saturated carbocycles. The molecule has 14 atom stereocenters. The highest BCUT2D eigenvalue weighted by Crippen LogP contribution is 2.29. The number of aromatic nitrogens is 4. The summed E-state index contributed by atoms with van der Waals surface area (Å²) < 4.78 is 0. The molecule has 3 aromatic heterocycles. The molecule has 42 nitrogen and oxygen atoms in total. The normalized spacial score (nSPS) is 23.2. The number of benzene rings is 4. The summed E-state index contributed by atoms with van der Waals surface area (Å²) in [7, 11) is 2.62. The highest BCUT2D eigenvalue weighted by atomic mass is 32.2. The number of guanidine groups is 1. The maximum atomic E-state index is 15.8. The Bertz CT molecular complexity index is 5520. The zero-order chi connectivity index (χ0) is 103. The van der Waals surface area contributed by atoms with Crippen LogP contribution in [-0.2, 0) is 107 Å². The molecule has 760 valence electrons. The molecule has 2 aliphatic heterocycles. The minimum Gasteiger partial charge on any atom is -0.394 e. The van der Waals surface area contributed by atoms with Gasteiger partial charge in [-0.1, -0.05) is 138 Å². The van der Waals surface area contributed by atoms with Crippen LogP contribution in [0.1, 0.15) is 164 Å². The van der Waals surface area contributed by atoms with Crippen LogP contribution in [0.5, 0.6) is 0 Å². The molecule has 0 spiro atoms. The fourth-order valence-corrected chi connectivity index (χ4v) is 17.9. The monoisotopic (exact) mass is 1970 g/mol. The van der Waals surface area contributed by atoms with E-state index < -0.39 is 240 Å². The quantitative estimate of drug-likeness (QED) is 0.0166. The second-order valence-electron chi connectivity index (χ2n) is 36.1. The van der Waals surface area contributed by atoms with E-state index in [0.717, 1.165) is 21.6 Å². The molecule has 23 N–H and O–H groups in total. The Morgan fingerprint density at radius 1 is 0.525 bits per heavy atom. The van der Waals surface area contributed by atoms with E-state index >= 15 is 38.4 Å². The summed E-state index contributed by atoms with van der Waals surface area (Å²) in [6, 6.07) is 12.4. The zero-order valence-electron chi connectivity index (χ0n) is 80.5. The van der Waals surface area contributed by atoms with Crippen molar-refractivity contribution in [1.29, 1.82) is 5.41 Å². The highest BCUT2D eigenvalue weighted by Gasteiger charge is 2.44. The van der Waals surface area contributed by atoms with Crippen molar-refractivity contribution in [1.82, 2.24) is 98.4 Å². The average Bonchev–Trinajstić information content (AvgIpc) is 1.73. The first-order valence-corrected chi connectivity index (χ1v) is 48.8. The largest absolute Gasteiger partial charge is 0.394 e. The number of fused-ring (bicyclic) bond motifs is 3. The lowest BCUT2D eigenvalue weighted by molar-refractivity contribution is -0.145. The number of nitrogens with one attached hydrogen (secondary N) is 16. The number of hydrogen-bond acceptors (Lipinski definition) is 22. The van der Waals surface area contributed by atoms with Gasteiger partial charge in [-0.2, -0.15) is 0 Å². The Kier molecular flexibility index (Phi) is 42.9. The number of unbranched alkanes of at least 4 members (excludes halogenated alkanes) is 2. The van der Waals surface area contributed by atoms with Crippen LogP contribution < -0.4 is 81.0 Å². The molecule has 43 heteroatoms. The number of nitrogens with two attached hydrogens (primary N) is 3. The number of thioether (sulfide) groups is 1. The number of aliphatic hydroxyl groups is 1. The van der Waals surface area contributed by atoms with Crippen molar-refractivity contribution in [2.45, 2.75) is 229 Å². The predicted molar refractivity (Wildman–Crippen MR) is 525 cm³/mol. The zero-order valence-corrected chi connectivity index (χ0v) is 81.3. The average molecular weight is 1970 g/mol. The number of nitrogens with zero attached hydrogens (tertiary/aromatic N) is 4. The second kappa shape index (κ2) is 54.8. The fraction of sp³-hybridized carbons (Fsp3) is 0.490. The molecule has 16 amide bonds. The summed E-state index contributed by atoms with van der Waals surface area (Å²) in [5.74, 6) is -20.4. The summed E-state index contributed by atoms with van der Waals surface area (Å²) in [6.07, 6.45) is 4.22. The number of para-hydroxylation sites is 2. The van der Waals surface area contributed by atoms with Gasteiger partial charge in [-0.15, -0.1) is 11.8 Å². The Morgan fingerprint density at radius 3 is 1.70 bits per heavy atom. The van der Waals surface area contributed by atoms with Crippen LogP contribution in [0.2, 0.25) is 0 Å². The van der Waals surface area contributed by atoms with Crippen LogP contribution in [0.15, 0.2) is 134 Å². The standard InChI is InChI=1S/C98H133N23O19S/c1-8-10-30-70-89(132)112-71(33-22-37-105-98(101)102)90(133)118-77(88(131)108-51-83(100)126)53-141-54-84(127)110-74(41-58-24-14-12-15-25-58)96(139)119(6)57(5)85(128)116-75(47-82(99)125)97(140)121-39-23-35-79(121)94(137)115-73(46-64-50-103-55-109-64)92(135)114-72(40-56(3)4)91(134)111-69(36-38-104-86(129)59-26-16-13-17-27-59)80(123)44-60(42-62-48-106-67-31-20-18-28-65(62)67)87(130)117-76(52-122)81(124)45-61(43-63-49-107-68-32-21-19-29-66(63)68)95(138)120(7)78(34-11-9-2)93(136)113-70/h12-21,24-29,31-32,48-50,55-57,60-61,69-79,106-107,122H,8-11,22-23,30,33-47,51-54H2,1-7H3,(H2,99,125)(H2,100,126)(H,103,109)(H,104,129)(H,108,131)(H,110,127)(H,111,134)(H,112,132)(H,113,136)(H,114,135)(H,115,137)(H,116,128)(H,117,130)(H,118,133)(H4,101,102,105)/t57-,60+,61+,69-,70-,71-,72-,73-,74-,75-,76-,77-,78-,79-/m0/s1. The molecule has 9 rings (SSSR count). The Balaban J connectivity index is 1.11. The number of primary amides is 2. The number of carbonyl (C=O) groups is 18. The van der Waals surface area contributed by atoms with Gasteiger partial charge in [-0.25, -0.2) is 4.98 Å². The molecule has 0 radical (unpaired) electrons. The lowest BCUT2D eigenvalue weighted by Crippen LogP contribution is -2.60. The number of carbonyl (C=O) groups excluding carboxylic acids is 18. The van der Waals surface area contributed by atoms with Crippen molar-refractivity contribution in [3.63, 3.8) is 0 Å². The molecule has 5 heterocycles. The van der Waals surface area contributed by atoms with E-state index in [1.807, 2.05) is 13.8 Å². The van der Waals surface area contributed by atoms with E-state index in [0.29, 0.717) is 69.9 Å². The Morgan fingerprint density at radius 2 is 1.08 bits per heavy atom. The van der Waals surface area contributed by atoms with Crippen molar-refractivity contribution in [2.75, 3.05) is 58.4 Å². The third kappa shape index (κ3) is 33.2. The van der Waals surface area contributed by atoms with Crippen LogP contribution in [0.4, 0.5) is 0 Å². The van der Waals surface area contributed by atoms with Crippen LogP contribution in [0, 0.1) is 23.2 Å². The molecule has 7 aromatic rings. The van der Waals surface area contributed by atoms with Gasteiger partial charge in [0.05, 0.1) is 37.7 Å². The number of hydrogen-bond donors (Lipinski definition) is 20. The summed E-state index contributed by atoms with van der Waals surface area (Å²) >= 11 is 0.790. The Hall–Kier alpha value is -14.4. The van der Waals surface area contributed by atoms with E-state index in [9.17, 15) is 53.1 Å². The maximum Gasteiger partial charge on any atom is 0.251 e. The van der Waals surface area contributed by atoms with E-state index in [2.05, 4.69) is 83.7 Å². The number of Topliss-reactive ketones (excluding diaryl/α,β-unsaturated/α-hetero) is 2. The van der Waals surface area contributed by atoms with Crippen LogP contribution in [0.3, 0.4) is 0 Å². The van der Waals surface area contributed by atoms with Gasteiger partial charge in [-0.05, 0) is 118 Å². The smallest absolute Gasteiger partial charge is 0.251 e. The summed E-state index contributed by atoms with van der Waals surface area (Å²) in [5, 5.41) is 52.8. The summed E-state index contributed by atoms with van der Waals surface area (Å²) in [6.45, 7) is 6.36. The fourth-order valence-electron chi connectivity index (χ4n) is 17.1. The lowest BCUT2D eigenvalue weighted by Gasteiger charge is -2.32. The first-order valence-electron chi connectivity index (χ1n) is 47.6. The first-order chi connectivity index (χ1) is 67.4. The SMILES string of the molecule is CCCC[C@@H]1NC(=O)[C@H](CCCC)N(C)C(=O)[C@H](Cc2c[nH]c3ccccc23)CC(=O)[C@H](CO)NC(=O)[C@H](Cc2c[nH]c3ccccc23)CC(=O)[C@H](CCNC(=O)c2ccccc2)NC(=O)[C@H](CC(C)C)NC(=O)[C@H](Cc2cnc[nH]2)NC(=O)[C@@H]2CCCN2C(=O)[C@H](CC(N)=O)NC(=O)[C@H](C)N(C)C(=O)[C@H](Cc2ccccc2)NC(=O)CSC[C@@H](C(=O)NCC(N)=O)NC(=O)[C@H](CCCNC(=N)N)NC1=O.